The Morgan fingerprint density at radius 3 is 2.68 bits per heavy atom. The van der Waals surface area contributed by atoms with E-state index in [1.54, 1.807) is 6.07 Å². The van der Waals surface area contributed by atoms with Gasteiger partial charge in [-0.15, -0.1) is 0 Å². The van der Waals surface area contributed by atoms with E-state index in [1.807, 2.05) is 45.0 Å². The molecule has 1 aromatic heterocycles. The molecular weight excluding hydrogens is 437 g/mol. The number of carbonyl (C=O) groups is 3. The number of hydrogen-bond donors (Lipinski definition) is 4. The van der Waals surface area contributed by atoms with Crippen LogP contribution in [0.15, 0.2) is 30.3 Å². The van der Waals surface area contributed by atoms with Crippen molar-refractivity contribution < 1.29 is 18.8 Å². The lowest BCUT2D eigenvalue weighted by atomic mass is 10.0. The van der Waals surface area contributed by atoms with Gasteiger partial charge in [-0.1, -0.05) is 45.4 Å². The number of aromatic nitrogens is 1. The fourth-order valence-electron chi connectivity index (χ4n) is 4.26. The average molecular weight is 474 g/mol. The molecule has 1 aromatic carbocycles. The van der Waals surface area contributed by atoms with Crippen LogP contribution in [0.1, 0.15) is 56.9 Å². The Morgan fingerprint density at radius 1 is 1.26 bits per heavy atom. The second-order valence-electron chi connectivity index (χ2n) is 9.47. The van der Waals surface area contributed by atoms with Gasteiger partial charge in [0.25, 0.3) is 11.8 Å². The lowest BCUT2D eigenvalue weighted by Gasteiger charge is -2.29. The van der Waals surface area contributed by atoms with Crippen molar-refractivity contribution in [3.63, 3.8) is 0 Å². The number of nitrogens with zero attached hydrogens (tertiary/aromatic N) is 1. The molecule has 1 aliphatic heterocycles. The number of benzene rings is 1. The maximum atomic E-state index is 14.5. The predicted octanol–water partition coefficient (Wildman–Crippen LogP) is 2.92. The van der Waals surface area contributed by atoms with E-state index in [9.17, 15) is 18.8 Å². The summed E-state index contributed by atoms with van der Waals surface area (Å²) in [5.74, 6) is -1.05. The zero-order chi connectivity index (χ0) is 24.7. The third kappa shape index (κ3) is 7.03. The summed E-state index contributed by atoms with van der Waals surface area (Å²) >= 11 is 0. The van der Waals surface area contributed by atoms with E-state index in [0.717, 1.165) is 10.9 Å². The Hall–Kier alpha value is -2.94. The van der Waals surface area contributed by atoms with Crippen LogP contribution in [0.25, 0.3) is 10.9 Å². The average Bonchev–Trinajstić information content (AvgIpc) is 3.39. The monoisotopic (exact) mass is 473 g/mol. The third-order valence-corrected chi connectivity index (χ3v) is 6.00. The lowest BCUT2D eigenvalue weighted by molar-refractivity contribution is -0.131. The fourth-order valence-corrected chi connectivity index (χ4v) is 4.26. The Labute approximate surface area is 200 Å². The van der Waals surface area contributed by atoms with Crippen LogP contribution in [-0.2, 0) is 9.59 Å². The SMILES string of the molecule is CCCC(F)CN(C[C@H]1CCNC1=O)NC(=O)C(CC(C)C)NC(=O)c1cc2ccccc2[nH]1. The van der Waals surface area contributed by atoms with Crippen LogP contribution < -0.4 is 16.1 Å². The number of hydrogen-bond acceptors (Lipinski definition) is 4. The van der Waals surface area contributed by atoms with Gasteiger partial charge < -0.3 is 15.6 Å². The molecule has 186 valence electrons. The van der Waals surface area contributed by atoms with Crippen LogP contribution >= 0.6 is 0 Å². The maximum Gasteiger partial charge on any atom is 0.268 e. The molecule has 2 unspecified atom stereocenters. The third-order valence-electron chi connectivity index (χ3n) is 6.00. The van der Waals surface area contributed by atoms with Crippen LogP contribution in [0.5, 0.6) is 0 Å². The Morgan fingerprint density at radius 2 is 2.03 bits per heavy atom. The molecule has 3 atom stereocenters. The van der Waals surface area contributed by atoms with Gasteiger partial charge in [0.2, 0.25) is 5.91 Å². The molecular formula is C25H36FN5O3. The first-order valence-electron chi connectivity index (χ1n) is 12.1. The van der Waals surface area contributed by atoms with Gasteiger partial charge in [-0.2, -0.15) is 0 Å². The van der Waals surface area contributed by atoms with Crippen LogP contribution in [-0.4, -0.2) is 59.6 Å². The van der Waals surface area contributed by atoms with E-state index in [-0.39, 0.29) is 36.7 Å². The molecule has 3 amide bonds. The van der Waals surface area contributed by atoms with Crippen molar-refractivity contribution in [3.05, 3.63) is 36.0 Å². The van der Waals surface area contributed by atoms with E-state index in [0.29, 0.717) is 37.9 Å². The van der Waals surface area contributed by atoms with Gasteiger partial charge >= 0.3 is 0 Å². The number of aromatic amines is 1. The summed E-state index contributed by atoms with van der Waals surface area (Å²) in [6.07, 6.45) is 0.991. The molecule has 0 radical (unpaired) electrons. The normalized spacial score (nSPS) is 17.7. The van der Waals surface area contributed by atoms with E-state index < -0.39 is 18.1 Å². The summed E-state index contributed by atoms with van der Waals surface area (Å²) in [7, 11) is 0. The number of rotatable bonds is 12. The molecule has 1 saturated heterocycles. The predicted molar refractivity (Wildman–Crippen MR) is 130 cm³/mol. The Kier molecular flexibility index (Phi) is 9.04. The van der Waals surface area contributed by atoms with E-state index in [2.05, 4.69) is 21.0 Å². The highest BCUT2D eigenvalue weighted by Gasteiger charge is 2.30. The van der Waals surface area contributed by atoms with Gasteiger partial charge in [0.15, 0.2) is 0 Å². The molecule has 8 nitrogen and oxygen atoms in total. The van der Waals surface area contributed by atoms with Crippen molar-refractivity contribution in [1.29, 1.82) is 0 Å². The van der Waals surface area contributed by atoms with Crippen LogP contribution in [0, 0.1) is 11.8 Å². The summed E-state index contributed by atoms with van der Waals surface area (Å²) < 4.78 is 14.5. The molecule has 0 saturated carbocycles. The minimum Gasteiger partial charge on any atom is -0.356 e. The number of H-pyrrole nitrogens is 1. The summed E-state index contributed by atoms with van der Waals surface area (Å²) in [6, 6.07) is 8.50. The Bertz CT molecular complexity index is 959. The summed E-state index contributed by atoms with van der Waals surface area (Å²) in [5, 5.41) is 8.01. The number of fused-ring (bicyclic) bond motifs is 1. The molecule has 9 heteroatoms. The van der Waals surface area contributed by atoms with E-state index in [4.69, 9.17) is 0 Å². The van der Waals surface area contributed by atoms with Crippen LogP contribution in [0.3, 0.4) is 0 Å². The molecule has 0 spiro atoms. The number of para-hydroxylation sites is 1. The molecule has 2 aromatic rings. The first-order chi connectivity index (χ1) is 16.3. The second kappa shape index (κ2) is 12.0. The van der Waals surface area contributed by atoms with E-state index in [1.165, 1.54) is 5.01 Å². The smallest absolute Gasteiger partial charge is 0.268 e. The molecule has 2 heterocycles. The molecule has 34 heavy (non-hydrogen) atoms. The van der Waals surface area contributed by atoms with Crippen LogP contribution in [0.4, 0.5) is 4.39 Å². The maximum absolute atomic E-state index is 14.5. The number of alkyl halides is 1. The molecule has 1 fully saturated rings. The van der Waals surface area contributed by atoms with Gasteiger partial charge in [-0.25, -0.2) is 9.40 Å². The van der Waals surface area contributed by atoms with Gasteiger partial charge in [-0.3, -0.25) is 19.8 Å². The number of amides is 3. The topological polar surface area (TPSA) is 106 Å². The Balaban J connectivity index is 1.71. The molecule has 3 rings (SSSR count). The van der Waals surface area contributed by atoms with Crippen molar-refractivity contribution in [2.24, 2.45) is 11.8 Å². The summed E-state index contributed by atoms with van der Waals surface area (Å²) in [6.45, 7) is 6.64. The largest absolute Gasteiger partial charge is 0.356 e. The van der Waals surface area contributed by atoms with Crippen LogP contribution in [0.2, 0.25) is 0 Å². The first kappa shape index (κ1) is 25.7. The zero-order valence-electron chi connectivity index (χ0n) is 20.2. The van der Waals surface area contributed by atoms with Gasteiger partial charge in [0, 0.05) is 30.5 Å². The van der Waals surface area contributed by atoms with Crippen molar-refractivity contribution in [2.75, 3.05) is 19.6 Å². The van der Waals surface area contributed by atoms with Crippen molar-refractivity contribution in [3.8, 4) is 0 Å². The number of halogens is 1. The summed E-state index contributed by atoms with van der Waals surface area (Å²) in [5.41, 5.74) is 4.00. The zero-order valence-corrected chi connectivity index (χ0v) is 20.2. The van der Waals surface area contributed by atoms with Gasteiger partial charge in [0.05, 0.1) is 5.92 Å². The first-order valence-corrected chi connectivity index (χ1v) is 12.1. The van der Waals surface area contributed by atoms with Crippen molar-refractivity contribution in [2.45, 2.75) is 58.7 Å². The minimum absolute atomic E-state index is 0.00623. The van der Waals surface area contributed by atoms with Gasteiger partial charge in [0.1, 0.15) is 17.9 Å². The number of nitrogens with one attached hydrogen (secondary N) is 4. The molecule has 1 aliphatic rings. The van der Waals surface area contributed by atoms with Gasteiger partial charge in [-0.05, 0) is 37.3 Å². The fraction of sp³-hybridized carbons (Fsp3) is 0.560. The number of hydrazine groups is 1. The lowest BCUT2D eigenvalue weighted by Crippen LogP contribution is -2.55. The summed E-state index contributed by atoms with van der Waals surface area (Å²) in [4.78, 5) is 41.3. The molecule has 0 aliphatic carbocycles. The highest BCUT2D eigenvalue weighted by molar-refractivity contribution is 6.00. The highest BCUT2D eigenvalue weighted by Crippen LogP contribution is 2.16. The molecule has 4 N–H and O–H groups in total. The van der Waals surface area contributed by atoms with E-state index >= 15 is 0 Å². The van der Waals surface area contributed by atoms with Crippen molar-refractivity contribution in [1.82, 2.24) is 26.1 Å². The minimum atomic E-state index is -1.13. The quantitative estimate of drug-likeness (QED) is 0.356. The molecule has 0 bridgehead atoms. The second-order valence-corrected chi connectivity index (χ2v) is 9.47. The standard InChI is InChI=1S/C25H36FN5O3/c1-4-7-19(26)15-31(14-18-10-11-27-23(18)32)30-25(34)21(12-16(2)3)29-24(33)22-13-17-8-5-6-9-20(17)28-22/h5-6,8-9,13,16,18-19,21,28H,4,7,10-12,14-15H2,1-3H3,(H,27,32)(H,29,33)(H,30,34)/t18-,19?,21?/m1/s1. The van der Waals surface area contributed by atoms with Crippen molar-refractivity contribution >= 4 is 28.6 Å². The number of carbonyl (C=O) groups excluding carboxylic acids is 3. The highest BCUT2D eigenvalue weighted by atomic mass is 19.1.